The molecule has 10 heteroatoms. The molecule has 1 fully saturated rings. The number of halogens is 2. The first-order valence-corrected chi connectivity index (χ1v) is 16.0. The van der Waals surface area contributed by atoms with Gasteiger partial charge in [0.15, 0.2) is 0 Å². The summed E-state index contributed by atoms with van der Waals surface area (Å²) in [5.74, 6) is 1.14. The van der Waals surface area contributed by atoms with Gasteiger partial charge in [0, 0.05) is 42.3 Å². The molecule has 1 saturated heterocycles. The Kier molecular flexibility index (Phi) is 7.53. The lowest BCUT2D eigenvalue weighted by Gasteiger charge is -2.29. The fraction of sp³-hybridized carbons (Fsp3) is 0.394. The summed E-state index contributed by atoms with van der Waals surface area (Å²) in [6.45, 7) is 7.99. The van der Waals surface area contributed by atoms with Crippen molar-refractivity contribution in [2.45, 2.75) is 57.9 Å². The molecule has 7 nitrogen and oxygen atoms in total. The number of carbonyl (C=O) groups excluding carboxylic acids is 1. The number of hydrogen-bond acceptors (Lipinski definition) is 7. The Morgan fingerprint density at radius 1 is 1.28 bits per heavy atom. The van der Waals surface area contributed by atoms with Crippen LogP contribution in [0.1, 0.15) is 58.9 Å². The lowest BCUT2D eigenvalue weighted by molar-refractivity contribution is -0.0591. The fourth-order valence-electron chi connectivity index (χ4n) is 6.35. The summed E-state index contributed by atoms with van der Waals surface area (Å²) in [5, 5.41) is 0.373. The van der Waals surface area contributed by atoms with Gasteiger partial charge in [-0.15, -0.1) is 11.3 Å². The lowest BCUT2D eigenvalue weighted by atomic mass is 9.86. The molecule has 0 unspecified atom stereocenters. The Balaban J connectivity index is 1.10. The molecule has 2 aromatic heterocycles. The van der Waals surface area contributed by atoms with Crippen molar-refractivity contribution in [1.29, 1.82) is 0 Å². The van der Waals surface area contributed by atoms with Crippen molar-refractivity contribution in [3.05, 3.63) is 86.8 Å². The number of imidazole rings is 1. The minimum Gasteiger partial charge on any atom is -0.482 e. The van der Waals surface area contributed by atoms with Crippen LogP contribution >= 0.6 is 22.9 Å². The van der Waals surface area contributed by atoms with Crippen LogP contribution in [0.4, 0.5) is 4.39 Å². The second-order valence-electron chi connectivity index (χ2n) is 11.6. The van der Waals surface area contributed by atoms with E-state index in [-0.39, 0.29) is 17.9 Å². The van der Waals surface area contributed by atoms with Crippen molar-refractivity contribution < 1.29 is 23.4 Å². The van der Waals surface area contributed by atoms with E-state index in [1.54, 1.807) is 12.1 Å². The third-order valence-electron chi connectivity index (χ3n) is 8.67. The molecule has 7 rings (SSSR count). The maximum atomic E-state index is 14.9. The van der Waals surface area contributed by atoms with Crippen LogP contribution in [0.2, 0.25) is 5.02 Å². The number of thiophene rings is 1. The van der Waals surface area contributed by atoms with Crippen LogP contribution in [-0.4, -0.2) is 52.8 Å². The van der Waals surface area contributed by atoms with Crippen LogP contribution in [0.15, 0.2) is 48.5 Å². The van der Waals surface area contributed by atoms with E-state index < -0.39 is 5.60 Å². The van der Waals surface area contributed by atoms with Crippen LogP contribution in [0.25, 0.3) is 15.9 Å². The molecule has 0 amide bonds. The number of fused-ring (bicyclic) bond motifs is 2. The molecule has 0 spiro atoms. The highest BCUT2D eigenvalue weighted by Gasteiger charge is 2.40. The van der Waals surface area contributed by atoms with Gasteiger partial charge in [0.2, 0.25) is 0 Å². The standard InChI is InChI=1S/C33H33ClFN3O4S/c1-3-40-32(39)29-16-27-31(43-29)36-30(38(27)18-22-11-14-41-22)19-37-12-9-20(10-13-37)23-5-4-6-28-24(23)17-33(2,42-28)25-8-7-21(34)15-26(25)35/h4-9,15-16,22H,3,10-14,17-19H2,1-2H3/t22-,33+/m0/s1. The first kappa shape index (κ1) is 28.5. The summed E-state index contributed by atoms with van der Waals surface area (Å²) in [6.07, 6.45) is 4.96. The molecule has 4 aromatic rings. The molecule has 0 bridgehead atoms. The monoisotopic (exact) mass is 621 g/mol. The molecule has 43 heavy (non-hydrogen) atoms. The number of rotatable bonds is 8. The molecule has 0 radical (unpaired) electrons. The quantitative estimate of drug-likeness (QED) is 0.198. The topological polar surface area (TPSA) is 65.8 Å². The zero-order valence-corrected chi connectivity index (χ0v) is 25.8. The van der Waals surface area contributed by atoms with E-state index >= 15 is 0 Å². The first-order chi connectivity index (χ1) is 20.8. The number of benzene rings is 2. The molecule has 2 aromatic carbocycles. The molecule has 0 aliphatic carbocycles. The van der Waals surface area contributed by atoms with Crippen LogP contribution in [-0.2, 0) is 34.6 Å². The summed E-state index contributed by atoms with van der Waals surface area (Å²) in [6, 6.07) is 12.8. The summed E-state index contributed by atoms with van der Waals surface area (Å²) >= 11 is 7.40. The van der Waals surface area contributed by atoms with E-state index in [9.17, 15) is 9.18 Å². The normalized spacial score (nSPS) is 21.8. The van der Waals surface area contributed by atoms with Crippen molar-refractivity contribution >= 4 is 44.8 Å². The molecule has 5 heterocycles. The van der Waals surface area contributed by atoms with Gasteiger partial charge in [-0.25, -0.2) is 14.2 Å². The SMILES string of the molecule is CCOC(=O)c1cc2c(nc(CN3CC=C(c4cccc5c4C[C@](C)(c4ccc(Cl)cc4F)O5)CC3)n2C[C@@H]2CCO2)s1. The Labute approximate surface area is 258 Å². The van der Waals surface area contributed by atoms with Gasteiger partial charge in [-0.3, -0.25) is 4.90 Å². The number of esters is 1. The maximum absolute atomic E-state index is 14.9. The van der Waals surface area contributed by atoms with Gasteiger partial charge in [-0.2, -0.15) is 0 Å². The number of carbonyl (C=O) groups is 1. The Bertz CT molecular complexity index is 1750. The zero-order chi connectivity index (χ0) is 29.7. The second-order valence-corrected chi connectivity index (χ2v) is 13.0. The first-order valence-electron chi connectivity index (χ1n) is 14.8. The van der Waals surface area contributed by atoms with Gasteiger partial charge in [0.25, 0.3) is 0 Å². The van der Waals surface area contributed by atoms with E-state index in [4.69, 9.17) is 30.8 Å². The molecule has 224 valence electrons. The summed E-state index contributed by atoms with van der Waals surface area (Å²) in [5.41, 5.74) is 4.25. The van der Waals surface area contributed by atoms with E-state index in [1.165, 1.54) is 28.5 Å². The highest BCUT2D eigenvalue weighted by molar-refractivity contribution is 7.20. The van der Waals surface area contributed by atoms with E-state index in [0.717, 1.165) is 66.6 Å². The van der Waals surface area contributed by atoms with E-state index in [1.807, 2.05) is 32.0 Å². The molecular weight excluding hydrogens is 589 g/mol. The van der Waals surface area contributed by atoms with Crippen LogP contribution in [0.3, 0.4) is 0 Å². The van der Waals surface area contributed by atoms with Crippen LogP contribution in [0, 0.1) is 5.82 Å². The van der Waals surface area contributed by atoms with Crippen molar-refractivity contribution in [3.63, 3.8) is 0 Å². The molecular formula is C33H33ClFN3O4S. The fourth-order valence-corrected chi connectivity index (χ4v) is 7.45. The predicted molar refractivity (Wildman–Crippen MR) is 165 cm³/mol. The smallest absolute Gasteiger partial charge is 0.348 e. The lowest BCUT2D eigenvalue weighted by Crippen LogP contribution is -2.33. The highest BCUT2D eigenvalue weighted by atomic mass is 35.5. The van der Waals surface area contributed by atoms with Gasteiger partial charge in [-0.1, -0.05) is 35.9 Å². The predicted octanol–water partition coefficient (Wildman–Crippen LogP) is 7.00. The van der Waals surface area contributed by atoms with E-state index in [2.05, 4.69) is 21.6 Å². The number of ether oxygens (including phenoxy) is 3. The highest BCUT2D eigenvalue weighted by Crippen LogP contribution is 2.45. The summed E-state index contributed by atoms with van der Waals surface area (Å²) in [7, 11) is 0. The largest absolute Gasteiger partial charge is 0.482 e. The maximum Gasteiger partial charge on any atom is 0.348 e. The second kappa shape index (κ2) is 11.4. The number of nitrogens with zero attached hydrogens (tertiary/aromatic N) is 3. The molecule has 3 aliphatic heterocycles. The van der Waals surface area contributed by atoms with Crippen molar-refractivity contribution in [2.24, 2.45) is 0 Å². The third kappa shape index (κ3) is 5.37. The molecule has 0 N–H and O–H groups in total. The van der Waals surface area contributed by atoms with Gasteiger partial charge in [-0.05, 0) is 62.1 Å². The van der Waals surface area contributed by atoms with Gasteiger partial charge < -0.3 is 18.8 Å². The molecule has 2 atom stereocenters. The van der Waals surface area contributed by atoms with Crippen LogP contribution < -0.4 is 4.74 Å². The third-order valence-corrected chi connectivity index (χ3v) is 9.90. The minimum absolute atomic E-state index is 0.171. The van der Waals surface area contributed by atoms with Crippen LogP contribution in [0.5, 0.6) is 5.75 Å². The average Bonchev–Trinajstić information content (AvgIpc) is 3.62. The van der Waals surface area contributed by atoms with Gasteiger partial charge in [0.1, 0.15) is 32.7 Å². The van der Waals surface area contributed by atoms with Gasteiger partial charge in [0.05, 0.1) is 31.3 Å². The number of aromatic nitrogens is 2. The Hall–Kier alpha value is -3.24. The van der Waals surface area contributed by atoms with Crippen molar-refractivity contribution in [2.75, 3.05) is 26.3 Å². The van der Waals surface area contributed by atoms with Crippen molar-refractivity contribution in [1.82, 2.24) is 14.5 Å². The average molecular weight is 622 g/mol. The molecule has 0 saturated carbocycles. The van der Waals surface area contributed by atoms with E-state index in [0.29, 0.717) is 35.0 Å². The zero-order valence-electron chi connectivity index (χ0n) is 24.2. The number of hydrogen-bond donors (Lipinski definition) is 0. The molecule has 3 aliphatic rings. The Morgan fingerprint density at radius 3 is 2.86 bits per heavy atom. The summed E-state index contributed by atoms with van der Waals surface area (Å²) in [4.78, 5) is 21.1. The summed E-state index contributed by atoms with van der Waals surface area (Å²) < 4.78 is 34.4. The Morgan fingerprint density at radius 2 is 2.14 bits per heavy atom. The minimum atomic E-state index is -0.796. The van der Waals surface area contributed by atoms with Crippen molar-refractivity contribution in [3.8, 4) is 5.75 Å². The van der Waals surface area contributed by atoms with Gasteiger partial charge >= 0.3 is 5.97 Å².